The Morgan fingerprint density at radius 1 is 1.47 bits per heavy atom. The zero-order valence-corrected chi connectivity index (χ0v) is 11.1. The van der Waals surface area contributed by atoms with Gasteiger partial charge >= 0.3 is 0 Å². The van der Waals surface area contributed by atoms with Crippen LogP contribution < -0.4 is 10.1 Å². The number of aromatic amines is 1. The first kappa shape index (κ1) is 13.1. The largest absolute Gasteiger partial charge is 0.496 e. The van der Waals surface area contributed by atoms with Gasteiger partial charge in [0.2, 0.25) is 5.91 Å². The van der Waals surface area contributed by atoms with Gasteiger partial charge in [-0.1, -0.05) is 17.7 Å². The van der Waals surface area contributed by atoms with E-state index in [1.165, 1.54) is 0 Å². The highest BCUT2D eigenvalue weighted by Crippen LogP contribution is 2.20. The Bertz CT molecular complexity index is 550. The van der Waals surface area contributed by atoms with Gasteiger partial charge in [0.15, 0.2) is 0 Å². The number of ether oxygens (including phenoxy) is 1. The molecule has 0 bridgehead atoms. The first-order chi connectivity index (χ1) is 9.19. The molecule has 5 nitrogen and oxygen atoms in total. The molecule has 0 spiro atoms. The Hall–Kier alpha value is -2.30. The van der Waals surface area contributed by atoms with E-state index in [0.29, 0.717) is 13.0 Å². The number of nitrogens with one attached hydrogen (secondary N) is 2. The zero-order chi connectivity index (χ0) is 13.7. The van der Waals surface area contributed by atoms with Gasteiger partial charge < -0.3 is 15.0 Å². The lowest BCUT2D eigenvalue weighted by molar-refractivity contribution is -0.120. The van der Waals surface area contributed by atoms with E-state index in [1.807, 2.05) is 25.1 Å². The molecule has 0 saturated heterocycles. The molecule has 2 N–H and O–H groups in total. The van der Waals surface area contributed by atoms with Crippen molar-refractivity contribution in [2.24, 2.45) is 0 Å². The topological polar surface area (TPSA) is 67.0 Å². The predicted octanol–water partition coefficient (Wildman–Crippen LogP) is 1.59. The molecule has 19 heavy (non-hydrogen) atoms. The fourth-order valence-corrected chi connectivity index (χ4v) is 1.86. The maximum Gasteiger partial charge on any atom is 0.224 e. The summed E-state index contributed by atoms with van der Waals surface area (Å²) in [6, 6.07) is 5.80. The number of benzene rings is 1. The van der Waals surface area contributed by atoms with Gasteiger partial charge in [0.1, 0.15) is 11.6 Å². The number of H-pyrrole nitrogens is 1. The summed E-state index contributed by atoms with van der Waals surface area (Å²) in [5, 5.41) is 2.82. The average Bonchev–Trinajstić information content (AvgIpc) is 2.90. The van der Waals surface area contributed by atoms with Crippen LogP contribution in [0.2, 0.25) is 0 Å². The molecule has 0 fully saturated rings. The molecule has 1 amide bonds. The normalized spacial score (nSPS) is 10.2. The summed E-state index contributed by atoms with van der Waals surface area (Å²) in [4.78, 5) is 18.9. The number of carbonyl (C=O) groups excluding carboxylic acids is 1. The van der Waals surface area contributed by atoms with Crippen molar-refractivity contribution >= 4 is 5.91 Å². The highest BCUT2D eigenvalue weighted by molar-refractivity contribution is 5.79. The van der Waals surface area contributed by atoms with Gasteiger partial charge in [-0.3, -0.25) is 4.79 Å². The minimum Gasteiger partial charge on any atom is -0.496 e. The van der Waals surface area contributed by atoms with Gasteiger partial charge in [-0.05, 0) is 13.0 Å². The maximum atomic E-state index is 11.9. The fourth-order valence-electron chi connectivity index (χ4n) is 1.86. The van der Waals surface area contributed by atoms with Crippen molar-refractivity contribution in [3.63, 3.8) is 0 Å². The number of aryl methyl sites for hydroxylation is 1. The minimum absolute atomic E-state index is 0.0553. The van der Waals surface area contributed by atoms with Crippen LogP contribution in [0.15, 0.2) is 30.6 Å². The van der Waals surface area contributed by atoms with E-state index in [-0.39, 0.29) is 5.91 Å². The number of hydrogen-bond acceptors (Lipinski definition) is 3. The van der Waals surface area contributed by atoms with Crippen LogP contribution in [0.25, 0.3) is 0 Å². The van der Waals surface area contributed by atoms with Crippen LogP contribution in [-0.4, -0.2) is 23.0 Å². The van der Waals surface area contributed by atoms with Gasteiger partial charge in [-0.25, -0.2) is 4.98 Å². The molecule has 1 heterocycles. The first-order valence-corrected chi connectivity index (χ1v) is 6.07. The number of methoxy groups -OCH3 is 1. The molecule has 0 aliphatic rings. The van der Waals surface area contributed by atoms with Gasteiger partial charge in [0.05, 0.1) is 20.1 Å². The lowest BCUT2D eigenvalue weighted by Crippen LogP contribution is -2.25. The molecule has 100 valence electrons. The Balaban J connectivity index is 1.96. The highest BCUT2D eigenvalue weighted by Gasteiger charge is 2.09. The van der Waals surface area contributed by atoms with Crippen LogP contribution in [0.5, 0.6) is 5.75 Å². The van der Waals surface area contributed by atoms with Crippen molar-refractivity contribution in [1.29, 1.82) is 0 Å². The maximum absolute atomic E-state index is 11.9. The quantitative estimate of drug-likeness (QED) is 0.856. The summed E-state index contributed by atoms with van der Waals surface area (Å²) in [6.45, 7) is 2.39. The minimum atomic E-state index is -0.0553. The number of hydrogen-bond donors (Lipinski definition) is 2. The van der Waals surface area contributed by atoms with E-state index in [0.717, 1.165) is 22.7 Å². The molecule has 1 aromatic heterocycles. The van der Waals surface area contributed by atoms with Gasteiger partial charge in [0, 0.05) is 18.0 Å². The number of amides is 1. The highest BCUT2D eigenvalue weighted by atomic mass is 16.5. The van der Waals surface area contributed by atoms with Crippen LogP contribution in [-0.2, 0) is 17.8 Å². The second kappa shape index (κ2) is 6.04. The van der Waals surface area contributed by atoms with E-state index >= 15 is 0 Å². The second-order valence-corrected chi connectivity index (χ2v) is 4.30. The number of imidazole rings is 1. The van der Waals surface area contributed by atoms with Crippen LogP contribution in [0, 0.1) is 6.92 Å². The van der Waals surface area contributed by atoms with Crippen molar-refractivity contribution in [1.82, 2.24) is 15.3 Å². The van der Waals surface area contributed by atoms with E-state index in [1.54, 1.807) is 19.5 Å². The second-order valence-electron chi connectivity index (χ2n) is 4.30. The fraction of sp³-hybridized carbons (Fsp3) is 0.286. The molecule has 0 unspecified atom stereocenters. The van der Waals surface area contributed by atoms with Crippen LogP contribution in [0.3, 0.4) is 0 Å². The van der Waals surface area contributed by atoms with Crippen LogP contribution in [0.1, 0.15) is 17.0 Å². The Labute approximate surface area is 112 Å². The van der Waals surface area contributed by atoms with Gasteiger partial charge in [0.25, 0.3) is 0 Å². The molecule has 2 aromatic rings. The molecular formula is C14H17N3O2. The van der Waals surface area contributed by atoms with Crippen molar-refractivity contribution in [2.45, 2.75) is 19.9 Å². The summed E-state index contributed by atoms with van der Waals surface area (Å²) < 4.78 is 5.25. The summed E-state index contributed by atoms with van der Waals surface area (Å²) in [7, 11) is 1.61. The molecule has 5 heteroatoms. The number of aromatic nitrogens is 2. The number of rotatable bonds is 5. The third kappa shape index (κ3) is 3.58. The Kier molecular flexibility index (Phi) is 4.18. The van der Waals surface area contributed by atoms with Gasteiger partial charge in [-0.2, -0.15) is 0 Å². The summed E-state index contributed by atoms with van der Waals surface area (Å²) in [6.07, 6.45) is 3.68. The van der Waals surface area contributed by atoms with Crippen LogP contribution in [0.4, 0.5) is 0 Å². The predicted molar refractivity (Wildman–Crippen MR) is 71.9 cm³/mol. The summed E-state index contributed by atoms with van der Waals surface area (Å²) in [5.74, 6) is 1.42. The summed E-state index contributed by atoms with van der Waals surface area (Å²) >= 11 is 0. The molecule has 0 atom stereocenters. The zero-order valence-electron chi connectivity index (χ0n) is 11.1. The van der Waals surface area contributed by atoms with Crippen molar-refractivity contribution in [3.05, 3.63) is 47.5 Å². The van der Waals surface area contributed by atoms with Crippen molar-refractivity contribution in [3.8, 4) is 5.75 Å². The third-order valence-electron chi connectivity index (χ3n) is 2.79. The Morgan fingerprint density at radius 3 is 3.00 bits per heavy atom. The van der Waals surface area contributed by atoms with Crippen molar-refractivity contribution in [2.75, 3.05) is 7.11 Å². The molecule has 0 aliphatic carbocycles. The average molecular weight is 259 g/mol. The number of nitrogens with zero attached hydrogens (tertiary/aromatic N) is 1. The lowest BCUT2D eigenvalue weighted by Gasteiger charge is -2.09. The van der Waals surface area contributed by atoms with E-state index in [9.17, 15) is 4.79 Å². The molecule has 2 rings (SSSR count). The number of carbonyl (C=O) groups is 1. The molecule has 0 saturated carbocycles. The molecule has 1 aromatic carbocycles. The smallest absolute Gasteiger partial charge is 0.224 e. The SMILES string of the molecule is COc1ccc(C)cc1CC(=O)NCc1ncc[nH]1. The van der Waals surface area contributed by atoms with Crippen LogP contribution >= 0.6 is 0 Å². The third-order valence-corrected chi connectivity index (χ3v) is 2.79. The van der Waals surface area contributed by atoms with Crippen molar-refractivity contribution < 1.29 is 9.53 Å². The molecule has 0 aliphatic heterocycles. The molecular weight excluding hydrogens is 242 g/mol. The molecule has 0 radical (unpaired) electrons. The van der Waals surface area contributed by atoms with E-state index in [2.05, 4.69) is 15.3 Å². The summed E-state index contributed by atoms with van der Waals surface area (Å²) in [5.41, 5.74) is 1.99. The van der Waals surface area contributed by atoms with E-state index in [4.69, 9.17) is 4.74 Å². The first-order valence-electron chi connectivity index (χ1n) is 6.07. The lowest BCUT2D eigenvalue weighted by atomic mass is 10.1. The monoisotopic (exact) mass is 259 g/mol. The van der Waals surface area contributed by atoms with Gasteiger partial charge in [-0.15, -0.1) is 0 Å². The van der Waals surface area contributed by atoms with E-state index < -0.39 is 0 Å². The standard InChI is InChI=1S/C14H17N3O2/c1-10-3-4-12(19-2)11(7-10)8-14(18)17-9-13-15-5-6-16-13/h3-7H,8-9H2,1-2H3,(H,15,16)(H,17,18). The Morgan fingerprint density at radius 2 is 2.32 bits per heavy atom.